The molecule has 0 saturated carbocycles. The van der Waals surface area contributed by atoms with Crippen LogP contribution in [0.3, 0.4) is 0 Å². The predicted octanol–water partition coefficient (Wildman–Crippen LogP) is 3.23. The van der Waals surface area contributed by atoms with Crippen LogP contribution in [0, 0.1) is 6.92 Å². The summed E-state index contributed by atoms with van der Waals surface area (Å²) in [5.74, 6) is 1.15. The van der Waals surface area contributed by atoms with Gasteiger partial charge in [-0.1, -0.05) is 0 Å². The molecule has 0 aliphatic carbocycles. The van der Waals surface area contributed by atoms with Crippen LogP contribution in [0.5, 0.6) is 0 Å². The molecule has 112 valence electrons. The van der Waals surface area contributed by atoms with Crippen LogP contribution in [0.4, 0.5) is 5.95 Å². The van der Waals surface area contributed by atoms with Gasteiger partial charge in [0.15, 0.2) is 0 Å². The van der Waals surface area contributed by atoms with E-state index < -0.39 is 0 Å². The summed E-state index contributed by atoms with van der Waals surface area (Å²) in [7, 11) is 0. The Morgan fingerprint density at radius 1 is 1.10 bits per heavy atom. The molecule has 21 heavy (non-hydrogen) atoms. The summed E-state index contributed by atoms with van der Waals surface area (Å²) < 4.78 is 4.80. The zero-order valence-corrected chi connectivity index (χ0v) is 15.2. The quantitative estimate of drug-likeness (QED) is 0.779. The number of anilines is 1. The highest BCUT2D eigenvalue weighted by atomic mass is 79.9. The van der Waals surface area contributed by atoms with Crippen LogP contribution in [0.1, 0.15) is 17.5 Å². The van der Waals surface area contributed by atoms with Crippen molar-refractivity contribution in [3.05, 3.63) is 20.1 Å². The summed E-state index contributed by atoms with van der Waals surface area (Å²) in [6.07, 6.45) is 2.31. The summed E-state index contributed by atoms with van der Waals surface area (Å²) in [5, 5.41) is 3.42. The largest absolute Gasteiger partial charge is 0.340 e. The van der Waals surface area contributed by atoms with Crippen molar-refractivity contribution < 1.29 is 0 Å². The Morgan fingerprint density at radius 3 is 2.62 bits per heavy atom. The van der Waals surface area contributed by atoms with Gasteiger partial charge >= 0.3 is 0 Å². The lowest BCUT2D eigenvalue weighted by Crippen LogP contribution is -2.44. The summed E-state index contributed by atoms with van der Waals surface area (Å²) in [5.41, 5.74) is 5.14. The molecule has 0 amide bonds. The van der Waals surface area contributed by atoms with Gasteiger partial charge in [-0.15, -0.1) is 0 Å². The van der Waals surface area contributed by atoms with Gasteiger partial charge < -0.3 is 14.8 Å². The molecule has 0 atom stereocenters. The molecule has 2 aliphatic heterocycles. The second-order valence-electron chi connectivity index (χ2n) is 5.83. The van der Waals surface area contributed by atoms with Crippen molar-refractivity contribution in [3.63, 3.8) is 0 Å². The monoisotopic (exact) mass is 412 g/mol. The average molecular weight is 414 g/mol. The van der Waals surface area contributed by atoms with Crippen molar-refractivity contribution in [3.8, 4) is 0 Å². The van der Waals surface area contributed by atoms with Gasteiger partial charge in [0.05, 0.1) is 11.0 Å². The average Bonchev–Trinajstić information content (AvgIpc) is 2.92. The fourth-order valence-corrected chi connectivity index (χ4v) is 4.58. The molecule has 6 heteroatoms. The van der Waals surface area contributed by atoms with Crippen molar-refractivity contribution in [1.82, 2.24) is 14.9 Å². The molecule has 0 bridgehead atoms. The van der Waals surface area contributed by atoms with Crippen molar-refractivity contribution in [2.75, 3.05) is 31.1 Å². The first-order chi connectivity index (χ1) is 10.2. The van der Waals surface area contributed by atoms with Crippen LogP contribution < -0.4 is 10.2 Å². The van der Waals surface area contributed by atoms with Crippen molar-refractivity contribution in [1.29, 1.82) is 0 Å². The second kappa shape index (κ2) is 5.25. The first kappa shape index (κ1) is 14.0. The number of nitrogens with one attached hydrogen (secondary N) is 1. The van der Waals surface area contributed by atoms with Crippen molar-refractivity contribution >= 4 is 48.8 Å². The van der Waals surface area contributed by atoms with Crippen LogP contribution >= 0.6 is 31.9 Å². The normalized spacial score (nSPS) is 18.5. The Kier molecular flexibility index (Phi) is 3.51. The fraction of sp³-hybridized carbons (Fsp3) is 0.533. The van der Waals surface area contributed by atoms with Gasteiger partial charge in [0, 0.05) is 41.7 Å². The summed E-state index contributed by atoms with van der Waals surface area (Å²) in [4.78, 5) is 7.44. The number of hydrogen-bond donors (Lipinski definition) is 1. The standard InChI is InChI=1S/C15H18Br2N4/c1-9-11(16)12(17)10-3-2-6-21-14(10)13(9)19-15(21)20-7-4-18-5-8-20/h18H,2-8H2,1H3. The molecule has 1 aromatic carbocycles. The zero-order valence-electron chi connectivity index (χ0n) is 12.0. The third-order valence-corrected chi connectivity index (χ3v) is 6.98. The van der Waals surface area contributed by atoms with Crippen molar-refractivity contribution in [2.24, 2.45) is 0 Å². The van der Waals surface area contributed by atoms with E-state index in [9.17, 15) is 0 Å². The van der Waals surface area contributed by atoms with Crippen LogP contribution in [0.2, 0.25) is 0 Å². The van der Waals surface area contributed by atoms with E-state index in [1.54, 1.807) is 0 Å². The topological polar surface area (TPSA) is 33.1 Å². The Labute approximate surface area is 141 Å². The Bertz CT molecular complexity index is 717. The van der Waals surface area contributed by atoms with Crippen LogP contribution in [0.15, 0.2) is 8.95 Å². The number of piperazine rings is 1. The van der Waals surface area contributed by atoms with E-state index in [2.05, 4.69) is 53.6 Å². The Morgan fingerprint density at radius 2 is 1.86 bits per heavy atom. The number of benzene rings is 1. The minimum absolute atomic E-state index is 1.04. The number of rotatable bonds is 1. The smallest absolute Gasteiger partial charge is 0.206 e. The maximum Gasteiger partial charge on any atom is 0.206 e. The van der Waals surface area contributed by atoms with Gasteiger partial charge in [0.25, 0.3) is 0 Å². The van der Waals surface area contributed by atoms with Gasteiger partial charge in [-0.3, -0.25) is 0 Å². The molecule has 1 aromatic heterocycles. The van der Waals surface area contributed by atoms with Gasteiger partial charge in [0.1, 0.15) is 0 Å². The molecule has 0 spiro atoms. The lowest BCUT2D eigenvalue weighted by molar-refractivity contribution is 0.556. The first-order valence-corrected chi connectivity index (χ1v) is 9.09. The van der Waals surface area contributed by atoms with Gasteiger partial charge in [-0.2, -0.15) is 0 Å². The molecule has 3 heterocycles. The van der Waals surface area contributed by atoms with E-state index in [1.807, 2.05) is 0 Å². The van der Waals surface area contributed by atoms with Crippen LogP contribution in [-0.4, -0.2) is 35.7 Å². The summed E-state index contributed by atoms with van der Waals surface area (Å²) in [6.45, 7) is 7.41. The molecule has 4 rings (SSSR count). The molecular formula is C15H18Br2N4. The van der Waals surface area contributed by atoms with Crippen LogP contribution in [0.25, 0.3) is 11.0 Å². The molecular weight excluding hydrogens is 396 g/mol. The molecule has 0 unspecified atom stereocenters. The Hall–Kier alpha value is -0.590. The lowest BCUT2D eigenvalue weighted by Gasteiger charge is -2.29. The Balaban J connectivity index is 1.98. The number of aromatic nitrogens is 2. The zero-order chi connectivity index (χ0) is 14.6. The van der Waals surface area contributed by atoms with Crippen molar-refractivity contribution in [2.45, 2.75) is 26.3 Å². The van der Waals surface area contributed by atoms with E-state index in [1.165, 1.54) is 27.5 Å². The molecule has 2 aromatic rings. The van der Waals surface area contributed by atoms with Gasteiger partial charge in [-0.25, -0.2) is 4.98 Å². The maximum atomic E-state index is 5.02. The number of halogens is 2. The molecule has 0 radical (unpaired) electrons. The van der Waals surface area contributed by atoms with E-state index in [-0.39, 0.29) is 0 Å². The third kappa shape index (κ3) is 2.06. The van der Waals surface area contributed by atoms with E-state index in [4.69, 9.17) is 4.98 Å². The minimum atomic E-state index is 1.04. The highest BCUT2D eigenvalue weighted by molar-refractivity contribution is 9.13. The first-order valence-electron chi connectivity index (χ1n) is 7.51. The molecule has 2 aliphatic rings. The summed E-state index contributed by atoms with van der Waals surface area (Å²) >= 11 is 7.50. The SMILES string of the molecule is Cc1c(Br)c(Br)c2c3c1nc(N1CCNCC1)n3CCC2. The maximum absolute atomic E-state index is 5.02. The number of nitrogens with zero attached hydrogens (tertiary/aromatic N) is 3. The number of aryl methyl sites for hydroxylation is 3. The minimum Gasteiger partial charge on any atom is -0.340 e. The highest BCUT2D eigenvalue weighted by Crippen LogP contribution is 2.41. The number of imidazole rings is 1. The molecule has 1 saturated heterocycles. The second-order valence-corrected chi connectivity index (χ2v) is 7.42. The molecule has 4 nitrogen and oxygen atoms in total. The number of hydrogen-bond acceptors (Lipinski definition) is 3. The van der Waals surface area contributed by atoms with E-state index in [0.717, 1.165) is 55.1 Å². The highest BCUT2D eigenvalue weighted by Gasteiger charge is 2.26. The van der Waals surface area contributed by atoms with Gasteiger partial charge in [0.2, 0.25) is 5.95 Å². The third-order valence-electron chi connectivity index (χ3n) is 4.58. The summed E-state index contributed by atoms with van der Waals surface area (Å²) in [6, 6.07) is 0. The fourth-order valence-electron chi connectivity index (χ4n) is 3.47. The lowest BCUT2D eigenvalue weighted by atomic mass is 10.0. The van der Waals surface area contributed by atoms with E-state index in [0.29, 0.717) is 0 Å². The van der Waals surface area contributed by atoms with Gasteiger partial charge in [-0.05, 0) is 62.8 Å². The van der Waals surface area contributed by atoms with E-state index >= 15 is 0 Å². The molecule has 1 fully saturated rings. The molecule has 1 N–H and O–H groups in total. The van der Waals surface area contributed by atoms with Crippen LogP contribution in [-0.2, 0) is 13.0 Å². The predicted molar refractivity (Wildman–Crippen MR) is 93.3 cm³/mol.